The van der Waals surface area contributed by atoms with E-state index in [4.69, 9.17) is 9.47 Å². The molecule has 0 fully saturated rings. The SMILES string of the molecule is CCOC(=O)C1=C(C)Oc2nc(C)n(Cc3cn(-c4ccc([N+](=O)[O-])cc4)nn3)c(=O)c2C1c1cccs1. The van der Waals surface area contributed by atoms with Crippen LogP contribution in [0.25, 0.3) is 5.69 Å². The fraction of sp³-hybridized carbons (Fsp3) is 0.240. The second kappa shape index (κ2) is 10.0. The molecule has 0 aliphatic carbocycles. The third-order valence-corrected chi connectivity index (χ3v) is 7.01. The second-order valence-corrected chi connectivity index (χ2v) is 9.42. The van der Waals surface area contributed by atoms with Crippen molar-refractivity contribution >= 4 is 23.0 Å². The lowest BCUT2D eigenvalue weighted by molar-refractivity contribution is -0.384. The van der Waals surface area contributed by atoms with Gasteiger partial charge in [-0.15, -0.1) is 16.4 Å². The van der Waals surface area contributed by atoms with E-state index in [1.165, 1.54) is 32.7 Å². The molecule has 13 heteroatoms. The zero-order valence-corrected chi connectivity index (χ0v) is 21.5. The maximum atomic E-state index is 13.9. The maximum Gasteiger partial charge on any atom is 0.338 e. The van der Waals surface area contributed by atoms with Gasteiger partial charge in [0.15, 0.2) is 0 Å². The van der Waals surface area contributed by atoms with Crippen molar-refractivity contribution in [1.29, 1.82) is 0 Å². The lowest BCUT2D eigenvalue weighted by atomic mass is 9.88. The lowest BCUT2D eigenvalue weighted by Gasteiger charge is -2.27. The van der Waals surface area contributed by atoms with Crippen molar-refractivity contribution in [3.05, 3.63) is 102 Å². The van der Waals surface area contributed by atoms with E-state index in [2.05, 4.69) is 15.3 Å². The van der Waals surface area contributed by atoms with Crippen molar-refractivity contribution in [2.75, 3.05) is 6.61 Å². The van der Waals surface area contributed by atoms with Crippen LogP contribution in [0.4, 0.5) is 5.69 Å². The first-order valence-corrected chi connectivity index (χ1v) is 12.5. The zero-order valence-electron chi connectivity index (χ0n) is 20.7. The predicted octanol–water partition coefficient (Wildman–Crippen LogP) is 3.51. The number of allylic oxidation sites excluding steroid dienone is 1. The van der Waals surface area contributed by atoms with E-state index in [0.717, 1.165) is 4.88 Å². The number of rotatable bonds is 7. The van der Waals surface area contributed by atoms with Crippen molar-refractivity contribution < 1.29 is 19.2 Å². The highest BCUT2D eigenvalue weighted by Gasteiger charge is 2.39. The zero-order chi connectivity index (χ0) is 27.0. The number of nitro benzene ring substituents is 1. The molecule has 194 valence electrons. The molecule has 1 atom stereocenters. The summed E-state index contributed by atoms with van der Waals surface area (Å²) >= 11 is 1.42. The number of aromatic nitrogens is 5. The summed E-state index contributed by atoms with van der Waals surface area (Å²) in [7, 11) is 0. The molecule has 0 saturated carbocycles. The summed E-state index contributed by atoms with van der Waals surface area (Å²) in [6, 6.07) is 9.58. The van der Waals surface area contributed by atoms with Crippen LogP contribution in [0.5, 0.6) is 5.88 Å². The molecule has 1 aromatic carbocycles. The number of esters is 1. The Hall–Kier alpha value is -4.65. The van der Waals surface area contributed by atoms with Crippen molar-refractivity contribution in [2.24, 2.45) is 0 Å². The fourth-order valence-electron chi connectivity index (χ4n) is 4.31. The molecule has 0 bridgehead atoms. The lowest BCUT2D eigenvalue weighted by Crippen LogP contribution is -2.34. The molecule has 5 rings (SSSR count). The minimum atomic E-state index is -0.694. The van der Waals surface area contributed by atoms with Gasteiger partial charge in [0.05, 0.1) is 47.0 Å². The first kappa shape index (κ1) is 25.0. The van der Waals surface area contributed by atoms with Gasteiger partial charge in [0.1, 0.15) is 17.3 Å². The fourth-order valence-corrected chi connectivity index (χ4v) is 5.15. The molecule has 1 aliphatic heterocycles. The summed E-state index contributed by atoms with van der Waals surface area (Å²) < 4.78 is 14.1. The Bertz CT molecular complexity index is 1620. The third-order valence-electron chi connectivity index (χ3n) is 6.08. The first-order chi connectivity index (χ1) is 18.3. The Labute approximate surface area is 219 Å². The number of hydrogen-bond donors (Lipinski definition) is 0. The summed E-state index contributed by atoms with van der Waals surface area (Å²) in [5.74, 6) is -0.352. The molecule has 1 unspecified atom stereocenters. The van der Waals surface area contributed by atoms with Crippen LogP contribution >= 0.6 is 11.3 Å². The molecule has 1 aliphatic rings. The molecular weight excluding hydrogens is 512 g/mol. The van der Waals surface area contributed by atoms with Crippen LogP contribution in [0.15, 0.2) is 64.1 Å². The Morgan fingerprint density at radius 3 is 2.66 bits per heavy atom. The number of thiophene rings is 1. The summed E-state index contributed by atoms with van der Waals surface area (Å²) in [6.45, 7) is 5.31. The molecular formula is C25H22N6O6S. The number of fused-ring (bicyclic) bond motifs is 1. The van der Waals surface area contributed by atoms with Crippen molar-refractivity contribution in [3.8, 4) is 11.6 Å². The van der Waals surface area contributed by atoms with Gasteiger partial charge >= 0.3 is 5.97 Å². The van der Waals surface area contributed by atoms with Crippen LogP contribution in [0.2, 0.25) is 0 Å². The number of carbonyl (C=O) groups is 1. The summed E-state index contributed by atoms with van der Waals surface area (Å²) in [5, 5.41) is 21.1. The predicted molar refractivity (Wildman–Crippen MR) is 136 cm³/mol. The quantitative estimate of drug-likeness (QED) is 0.198. The molecule has 4 heterocycles. The summed E-state index contributed by atoms with van der Waals surface area (Å²) in [4.78, 5) is 42.6. The summed E-state index contributed by atoms with van der Waals surface area (Å²) in [5.41, 5.74) is 1.15. The molecule has 0 spiro atoms. The number of ether oxygens (including phenoxy) is 2. The Kier molecular flexibility index (Phi) is 6.59. The highest BCUT2D eigenvalue weighted by atomic mass is 32.1. The Morgan fingerprint density at radius 1 is 1.24 bits per heavy atom. The van der Waals surface area contributed by atoms with E-state index in [1.54, 1.807) is 39.1 Å². The number of aryl methyl sites for hydroxylation is 1. The highest BCUT2D eigenvalue weighted by molar-refractivity contribution is 7.10. The van der Waals surface area contributed by atoms with Gasteiger partial charge in [-0.05, 0) is 44.4 Å². The van der Waals surface area contributed by atoms with Crippen LogP contribution in [-0.4, -0.2) is 42.0 Å². The molecule has 0 saturated heterocycles. The monoisotopic (exact) mass is 534 g/mol. The van der Waals surface area contributed by atoms with Gasteiger partial charge in [-0.25, -0.2) is 9.48 Å². The minimum absolute atomic E-state index is 0.0367. The van der Waals surface area contributed by atoms with Crippen LogP contribution in [-0.2, 0) is 16.1 Å². The van der Waals surface area contributed by atoms with Gasteiger partial charge in [0.25, 0.3) is 11.2 Å². The van der Waals surface area contributed by atoms with Crippen molar-refractivity contribution in [2.45, 2.75) is 33.2 Å². The number of non-ortho nitro benzene ring substituents is 1. The average Bonchev–Trinajstić information content (AvgIpc) is 3.58. The molecule has 0 amide bonds. The first-order valence-electron chi connectivity index (χ1n) is 11.6. The van der Waals surface area contributed by atoms with E-state index in [9.17, 15) is 19.7 Å². The van der Waals surface area contributed by atoms with Gasteiger partial charge in [-0.3, -0.25) is 19.5 Å². The van der Waals surface area contributed by atoms with Crippen LogP contribution in [0.3, 0.4) is 0 Å². The van der Waals surface area contributed by atoms with Gasteiger partial charge in [-0.1, -0.05) is 11.3 Å². The number of nitrogens with zero attached hydrogens (tertiary/aromatic N) is 6. The molecule has 0 radical (unpaired) electrons. The normalized spacial score (nSPS) is 14.7. The number of carbonyl (C=O) groups excluding carboxylic acids is 1. The number of nitro groups is 1. The third kappa shape index (κ3) is 4.47. The smallest absolute Gasteiger partial charge is 0.338 e. The Balaban J connectivity index is 1.54. The molecule has 38 heavy (non-hydrogen) atoms. The summed E-state index contributed by atoms with van der Waals surface area (Å²) in [6.07, 6.45) is 1.63. The van der Waals surface area contributed by atoms with Gasteiger partial charge in [0.2, 0.25) is 5.88 Å². The van der Waals surface area contributed by atoms with Gasteiger partial charge in [-0.2, -0.15) is 4.98 Å². The molecule has 4 aromatic rings. The second-order valence-electron chi connectivity index (χ2n) is 8.44. The van der Waals surface area contributed by atoms with E-state index >= 15 is 0 Å². The van der Waals surface area contributed by atoms with Gasteiger partial charge < -0.3 is 9.47 Å². The highest BCUT2D eigenvalue weighted by Crippen LogP contribution is 2.42. The standard InChI is InChI=1S/C25H22N6O6S/c1-4-36-25(33)20-14(2)37-23-22(21(20)19-6-5-11-38-19)24(32)29(15(3)26-23)12-16-13-30(28-27-16)17-7-9-18(10-8-17)31(34)35/h5-11,13,21H,4,12H2,1-3H3. The van der Waals surface area contributed by atoms with E-state index < -0.39 is 16.8 Å². The number of benzene rings is 1. The van der Waals surface area contributed by atoms with Crippen LogP contribution < -0.4 is 10.3 Å². The van der Waals surface area contributed by atoms with E-state index in [1.807, 2.05) is 17.5 Å². The number of hydrogen-bond acceptors (Lipinski definition) is 10. The van der Waals surface area contributed by atoms with Crippen LogP contribution in [0.1, 0.15) is 41.7 Å². The van der Waals surface area contributed by atoms with Gasteiger partial charge in [0, 0.05) is 17.0 Å². The van der Waals surface area contributed by atoms with Crippen LogP contribution in [0, 0.1) is 17.0 Å². The molecule has 3 aromatic heterocycles. The largest absolute Gasteiger partial charge is 0.463 e. The average molecular weight is 535 g/mol. The molecule has 0 N–H and O–H groups in total. The maximum absolute atomic E-state index is 13.9. The van der Waals surface area contributed by atoms with Crippen molar-refractivity contribution in [1.82, 2.24) is 24.5 Å². The topological polar surface area (TPSA) is 144 Å². The minimum Gasteiger partial charge on any atom is -0.463 e. The molecule has 12 nitrogen and oxygen atoms in total. The van der Waals surface area contributed by atoms with E-state index in [0.29, 0.717) is 23.0 Å². The van der Waals surface area contributed by atoms with E-state index in [-0.39, 0.29) is 41.4 Å². The Morgan fingerprint density at radius 2 is 2.00 bits per heavy atom. The van der Waals surface area contributed by atoms with Crippen molar-refractivity contribution in [3.63, 3.8) is 0 Å².